The Kier molecular flexibility index (Phi) is 5.76. The van der Waals surface area contributed by atoms with E-state index in [1.54, 1.807) is 50.6 Å². The van der Waals surface area contributed by atoms with E-state index in [0.29, 0.717) is 28.2 Å². The molecular weight excluding hydrogens is 438 g/mol. The normalized spacial score (nSPS) is 14.1. The number of benzene rings is 1. The minimum atomic E-state index is -0.930. The van der Waals surface area contributed by atoms with E-state index in [9.17, 15) is 19.6 Å². The maximum atomic E-state index is 13.2. The SMILES string of the molecule is Cc1ccc(NC(=O)c2c(C)c(C(=O)C(=O)NC3(c4cn[nH]n4)COC3)c(C)n2C)cc1C#N. The van der Waals surface area contributed by atoms with Crippen LogP contribution in [-0.2, 0) is 22.1 Å². The van der Waals surface area contributed by atoms with E-state index in [1.807, 2.05) is 0 Å². The molecule has 3 N–H and O–H groups in total. The summed E-state index contributed by atoms with van der Waals surface area (Å²) in [7, 11) is 1.65. The van der Waals surface area contributed by atoms with Crippen LogP contribution in [0.4, 0.5) is 5.69 Å². The molecule has 3 aromatic rings. The number of amides is 2. The summed E-state index contributed by atoms with van der Waals surface area (Å²) in [5, 5.41) is 25.0. The second-order valence-electron chi connectivity index (χ2n) is 8.30. The van der Waals surface area contributed by atoms with Crippen molar-refractivity contribution in [3.05, 3.63) is 63.7 Å². The highest BCUT2D eigenvalue weighted by molar-refractivity contribution is 6.43. The average molecular weight is 461 g/mol. The predicted molar refractivity (Wildman–Crippen MR) is 120 cm³/mol. The first-order valence-electron chi connectivity index (χ1n) is 10.5. The molecule has 0 radical (unpaired) electrons. The van der Waals surface area contributed by atoms with Gasteiger partial charge in [0.25, 0.3) is 17.6 Å². The van der Waals surface area contributed by atoms with E-state index in [1.165, 1.54) is 6.20 Å². The number of rotatable bonds is 6. The predicted octanol–water partition coefficient (Wildman–Crippen LogP) is 1.42. The van der Waals surface area contributed by atoms with Crippen LogP contribution in [0.5, 0.6) is 0 Å². The van der Waals surface area contributed by atoms with E-state index >= 15 is 0 Å². The van der Waals surface area contributed by atoms with Crippen LogP contribution < -0.4 is 10.6 Å². The molecule has 0 aliphatic carbocycles. The second-order valence-corrected chi connectivity index (χ2v) is 8.30. The molecule has 2 aromatic heterocycles. The van der Waals surface area contributed by atoms with Crippen molar-refractivity contribution in [2.24, 2.45) is 7.05 Å². The number of Topliss-reactive ketones (excluding diaryl/α,β-unsaturated/α-hetero) is 1. The number of carbonyl (C=O) groups excluding carboxylic acids is 3. The average Bonchev–Trinajstić information content (AvgIpc) is 3.39. The monoisotopic (exact) mass is 461 g/mol. The third-order valence-corrected chi connectivity index (χ3v) is 6.15. The number of nitriles is 1. The number of H-pyrrole nitrogens is 1. The van der Waals surface area contributed by atoms with Gasteiger partial charge in [-0.05, 0) is 44.0 Å². The van der Waals surface area contributed by atoms with Crippen molar-refractivity contribution in [3.8, 4) is 6.07 Å². The van der Waals surface area contributed by atoms with Gasteiger partial charge < -0.3 is 19.9 Å². The summed E-state index contributed by atoms with van der Waals surface area (Å²) >= 11 is 0. The van der Waals surface area contributed by atoms with E-state index < -0.39 is 23.1 Å². The van der Waals surface area contributed by atoms with Crippen LogP contribution in [-0.4, -0.2) is 50.8 Å². The largest absolute Gasteiger partial charge is 0.376 e. The first kappa shape index (κ1) is 22.9. The van der Waals surface area contributed by atoms with Crippen molar-refractivity contribution in [2.45, 2.75) is 26.3 Å². The van der Waals surface area contributed by atoms with Crippen LogP contribution in [0, 0.1) is 32.1 Å². The van der Waals surface area contributed by atoms with E-state index in [0.717, 1.165) is 5.56 Å². The van der Waals surface area contributed by atoms with Crippen LogP contribution in [0.15, 0.2) is 24.4 Å². The number of aromatic nitrogens is 4. The van der Waals surface area contributed by atoms with Gasteiger partial charge in [-0.1, -0.05) is 6.07 Å². The van der Waals surface area contributed by atoms with Gasteiger partial charge in [0.15, 0.2) is 0 Å². The molecule has 0 unspecified atom stereocenters. The van der Waals surface area contributed by atoms with Gasteiger partial charge in [0.1, 0.15) is 16.9 Å². The second kappa shape index (κ2) is 8.57. The molecule has 11 nitrogen and oxygen atoms in total. The van der Waals surface area contributed by atoms with Crippen molar-refractivity contribution in [1.82, 2.24) is 25.3 Å². The number of ether oxygens (including phenoxy) is 1. The van der Waals surface area contributed by atoms with Crippen LogP contribution in [0.1, 0.15) is 48.9 Å². The molecule has 0 atom stereocenters. The van der Waals surface area contributed by atoms with Crippen LogP contribution in [0.2, 0.25) is 0 Å². The molecular formula is C23H23N7O4. The molecule has 2 amide bonds. The molecule has 3 heterocycles. The molecule has 11 heteroatoms. The van der Waals surface area contributed by atoms with Gasteiger partial charge in [0.05, 0.1) is 36.6 Å². The van der Waals surface area contributed by atoms with Gasteiger partial charge in [-0.2, -0.15) is 20.7 Å². The number of nitrogens with one attached hydrogen (secondary N) is 3. The number of hydrogen-bond acceptors (Lipinski definition) is 7. The highest BCUT2D eigenvalue weighted by Gasteiger charge is 2.45. The fourth-order valence-electron chi connectivity index (χ4n) is 4.05. The topological polar surface area (TPSA) is 155 Å². The minimum absolute atomic E-state index is 0.155. The summed E-state index contributed by atoms with van der Waals surface area (Å²) in [5.41, 5.74) is 2.49. The Bertz CT molecular complexity index is 1340. The number of nitrogens with zero attached hydrogens (tertiary/aromatic N) is 4. The zero-order chi connectivity index (χ0) is 24.6. The molecule has 0 saturated carbocycles. The van der Waals surface area contributed by atoms with E-state index in [4.69, 9.17) is 4.74 Å². The summed E-state index contributed by atoms with van der Waals surface area (Å²) in [5.74, 6) is -2.05. The Morgan fingerprint density at radius 2 is 1.97 bits per heavy atom. The number of aromatic amines is 1. The Balaban J connectivity index is 1.59. The van der Waals surface area contributed by atoms with E-state index in [2.05, 4.69) is 32.1 Å². The first-order valence-corrected chi connectivity index (χ1v) is 10.5. The van der Waals surface area contributed by atoms with E-state index in [-0.39, 0.29) is 24.5 Å². The Morgan fingerprint density at radius 1 is 1.24 bits per heavy atom. The summed E-state index contributed by atoms with van der Waals surface area (Å²) in [6.45, 7) is 5.43. The van der Waals surface area contributed by atoms with Crippen LogP contribution >= 0.6 is 0 Å². The van der Waals surface area contributed by atoms with Crippen LogP contribution in [0.3, 0.4) is 0 Å². The number of aryl methyl sites for hydroxylation is 1. The zero-order valence-corrected chi connectivity index (χ0v) is 19.1. The number of carbonyl (C=O) groups is 3. The first-order chi connectivity index (χ1) is 16.2. The molecule has 34 heavy (non-hydrogen) atoms. The van der Waals surface area contributed by atoms with Gasteiger partial charge in [-0.25, -0.2) is 0 Å². The lowest BCUT2D eigenvalue weighted by molar-refractivity contribution is -0.130. The molecule has 174 valence electrons. The smallest absolute Gasteiger partial charge is 0.293 e. The van der Waals surface area contributed by atoms with Crippen molar-refractivity contribution in [3.63, 3.8) is 0 Å². The Hall–Kier alpha value is -4.30. The Labute approximate surface area is 195 Å². The van der Waals surface area contributed by atoms with Crippen LogP contribution in [0.25, 0.3) is 0 Å². The van der Waals surface area contributed by atoms with Gasteiger partial charge in [0, 0.05) is 18.4 Å². The highest BCUT2D eigenvalue weighted by Crippen LogP contribution is 2.29. The van der Waals surface area contributed by atoms with Crippen molar-refractivity contribution in [1.29, 1.82) is 5.26 Å². The summed E-state index contributed by atoms with van der Waals surface area (Å²) in [6.07, 6.45) is 1.47. The minimum Gasteiger partial charge on any atom is -0.376 e. The third kappa shape index (κ3) is 3.74. The fraction of sp³-hybridized carbons (Fsp3) is 0.304. The molecule has 1 fully saturated rings. The molecule has 1 aromatic carbocycles. The molecule has 1 aliphatic heterocycles. The summed E-state index contributed by atoms with van der Waals surface area (Å²) < 4.78 is 6.82. The quantitative estimate of drug-likeness (QED) is 0.370. The molecule has 1 aliphatic rings. The standard InChI is InChI=1S/C23H23N7O4/c1-12-5-6-16(7-15(12)8-24)26-21(32)19-13(2)18(14(3)30(19)4)20(31)22(33)27-23(10-34-11-23)17-9-25-29-28-17/h5-7,9H,10-11H2,1-4H3,(H,26,32)(H,27,33)(H,25,28,29). The number of hydrogen-bond donors (Lipinski definition) is 3. The summed E-state index contributed by atoms with van der Waals surface area (Å²) in [6, 6.07) is 7.11. The lowest BCUT2D eigenvalue weighted by Gasteiger charge is -2.39. The third-order valence-electron chi connectivity index (χ3n) is 6.15. The molecule has 0 bridgehead atoms. The highest BCUT2D eigenvalue weighted by atomic mass is 16.5. The molecule has 4 rings (SSSR count). The maximum absolute atomic E-state index is 13.2. The zero-order valence-electron chi connectivity index (χ0n) is 19.1. The fourth-order valence-corrected chi connectivity index (χ4v) is 4.05. The number of ketones is 1. The summed E-state index contributed by atoms with van der Waals surface area (Å²) in [4.78, 5) is 39.2. The van der Waals surface area contributed by atoms with Gasteiger partial charge in [-0.15, -0.1) is 0 Å². The molecule has 1 saturated heterocycles. The number of anilines is 1. The van der Waals surface area contributed by atoms with Gasteiger partial charge >= 0.3 is 0 Å². The maximum Gasteiger partial charge on any atom is 0.293 e. The lowest BCUT2D eigenvalue weighted by Crippen LogP contribution is -2.60. The Morgan fingerprint density at radius 3 is 2.56 bits per heavy atom. The van der Waals surface area contributed by atoms with Crippen molar-refractivity contribution >= 4 is 23.3 Å². The van der Waals surface area contributed by atoms with Crippen molar-refractivity contribution < 1.29 is 19.1 Å². The van der Waals surface area contributed by atoms with Gasteiger partial charge in [0.2, 0.25) is 0 Å². The van der Waals surface area contributed by atoms with Crippen molar-refractivity contribution in [2.75, 3.05) is 18.5 Å². The van der Waals surface area contributed by atoms with Gasteiger partial charge in [-0.3, -0.25) is 14.4 Å². The lowest BCUT2D eigenvalue weighted by atomic mass is 9.92. The molecule has 0 spiro atoms.